The summed E-state index contributed by atoms with van der Waals surface area (Å²) in [5.74, 6) is 0.159. The van der Waals surface area contributed by atoms with Crippen LogP contribution in [0.5, 0.6) is 0 Å². The van der Waals surface area contributed by atoms with Crippen molar-refractivity contribution in [1.29, 1.82) is 5.26 Å². The summed E-state index contributed by atoms with van der Waals surface area (Å²) in [5, 5.41) is 22.9. The number of nitrogens with zero attached hydrogens (tertiary/aromatic N) is 3. The summed E-state index contributed by atoms with van der Waals surface area (Å²) in [6.45, 7) is 3.89. The smallest absolute Gasteiger partial charge is 0.312 e. The number of hydrogen-bond acceptors (Lipinski definition) is 5. The summed E-state index contributed by atoms with van der Waals surface area (Å²) in [4.78, 5) is 14.5. The second kappa shape index (κ2) is 6.01. The minimum Gasteiger partial charge on any atom is -0.358 e. The molecule has 0 saturated heterocycles. The van der Waals surface area contributed by atoms with Crippen LogP contribution >= 0.6 is 0 Å². The molecular formula is C15H14N4O2. The Morgan fingerprint density at radius 1 is 1.38 bits per heavy atom. The molecule has 6 nitrogen and oxygen atoms in total. The van der Waals surface area contributed by atoms with Crippen LogP contribution in [-0.2, 0) is 0 Å². The van der Waals surface area contributed by atoms with E-state index in [9.17, 15) is 10.1 Å². The van der Waals surface area contributed by atoms with E-state index in [2.05, 4.69) is 10.3 Å². The highest BCUT2D eigenvalue weighted by molar-refractivity contribution is 5.59. The average Bonchev–Trinajstić information content (AvgIpc) is 2.48. The van der Waals surface area contributed by atoms with E-state index >= 15 is 0 Å². The predicted molar refractivity (Wildman–Crippen MR) is 78.8 cm³/mol. The van der Waals surface area contributed by atoms with Crippen molar-refractivity contribution in [1.82, 2.24) is 4.98 Å². The Balaban J connectivity index is 2.28. The Hall–Kier alpha value is -2.94. The lowest BCUT2D eigenvalue weighted by Gasteiger charge is -2.15. The average molecular weight is 282 g/mol. The summed E-state index contributed by atoms with van der Waals surface area (Å²) < 4.78 is 0. The topological polar surface area (TPSA) is 91.8 Å². The highest BCUT2D eigenvalue weighted by Crippen LogP contribution is 2.26. The summed E-state index contributed by atoms with van der Waals surface area (Å²) in [6, 6.07) is 10.8. The first-order valence-electron chi connectivity index (χ1n) is 6.39. The largest absolute Gasteiger partial charge is 0.358 e. The maximum atomic E-state index is 11.1. The summed E-state index contributed by atoms with van der Waals surface area (Å²) in [5.41, 5.74) is 2.11. The van der Waals surface area contributed by atoms with Crippen molar-refractivity contribution in [3.8, 4) is 6.07 Å². The summed E-state index contributed by atoms with van der Waals surface area (Å²) in [6.07, 6.45) is 1.32. The number of aryl methyl sites for hydroxylation is 1. The van der Waals surface area contributed by atoms with Gasteiger partial charge in [0.15, 0.2) is 0 Å². The van der Waals surface area contributed by atoms with Crippen molar-refractivity contribution in [2.75, 3.05) is 5.32 Å². The molecule has 0 fully saturated rings. The van der Waals surface area contributed by atoms with Gasteiger partial charge >= 0.3 is 5.69 Å². The van der Waals surface area contributed by atoms with Crippen LogP contribution in [0.4, 0.5) is 11.5 Å². The van der Waals surface area contributed by atoms with E-state index in [4.69, 9.17) is 5.26 Å². The molecule has 1 atom stereocenters. The van der Waals surface area contributed by atoms with Gasteiger partial charge in [-0.05, 0) is 19.4 Å². The lowest BCUT2D eigenvalue weighted by molar-refractivity contribution is -0.384. The molecule has 0 spiro atoms. The highest BCUT2D eigenvalue weighted by Gasteiger charge is 2.18. The molecule has 1 aromatic heterocycles. The van der Waals surface area contributed by atoms with Crippen molar-refractivity contribution < 1.29 is 4.92 Å². The molecule has 106 valence electrons. The number of anilines is 1. The van der Waals surface area contributed by atoms with Gasteiger partial charge in [-0.2, -0.15) is 5.26 Å². The number of pyridine rings is 1. The molecular weight excluding hydrogens is 268 g/mol. The molecule has 2 aromatic rings. The molecule has 21 heavy (non-hydrogen) atoms. The summed E-state index contributed by atoms with van der Waals surface area (Å²) >= 11 is 0. The van der Waals surface area contributed by atoms with Gasteiger partial charge in [0.1, 0.15) is 6.07 Å². The predicted octanol–water partition coefficient (Wildman–Crippen LogP) is 3.34. The monoisotopic (exact) mass is 282 g/mol. The van der Waals surface area contributed by atoms with Gasteiger partial charge in [0.05, 0.1) is 16.5 Å². The standard InChI is InChI=1S/C15H14N4O2/c1-10-3-5-13(6-4-10)11(2)18-15-14(19(20)21)7-12(8-16)9-17-15/h3-7,9,11H,1-2H3,(H,17,18). The van der Waals surface area contributed by atoms with Crippen LogP contribution in [0.15, 0.2) is 36.5 Å². The first-order valence-corrected chi connectivity index (χ1v) is 6.39. The minimum atomic E-state index is -0.544. The normalized spacial score (nSPS) is 11.5. The molecule has 0 bridgehead atoms. The van der Waals surface area contributed by atoms with Gasteiger partial charge in [0, 0.05) is 12.3 Å². The fourth-order valence-electron chi connectivity index (χ4n) is 1.91. The van der Waals surface area contributed by atoms with E-state index < -0.39 is 4.92 Å². The van der Waals surface area contributed by atoms with Crippen LogP contribution in [0, 0.1) is 28.4 Å². The number of hydrogen-bond donors (Lipinski definition) is 1. The van der Waals surface area contributed by atoms with Crippen molar-refractivity contribution in [3.63, 3.8) is 0 Å². The quantitative estimate of drug-likeness (QED) is 0.685. The molecule has 0 aliphatic carbocycles. The van der Waals surface area contributed by atoms with Crippen LogP contribution in [-0.4, -0.2) is 9.91 Å². The lowest BCUT2D eigenvalue weighted by atomic mass is 10.1. The zero-order valence-electron chi connectivity index (χ0n) is 11.7. The Bertz CT molecular complexity index is 705. The minimum absolute atomic E-state index is 0.135. The number of aromatic nitrogens is 1. The molecule has 0 aliphatic heterocycles. The maximum Gasteiger partial charge on any atom is 0.312 e. The van der Waals surface area contributed by atoms with Crippen molar-refractivity contribution in [2.24, 2.45) is 0 Å². The van der Waals surface area contributed by atoms with Crippen molar-refractivity contribution in [2.45, 2.75) is 19.9 Å². The fraction of sp³-hybridized carbons (Fsp3) is 0.200. The zero-order valence-corrected chi connectivity index (χ0v) is 11.7. The number of nitro groups is 1. The number of rotatable bonds is 4. The van der Waals surface area contributed by atoms with E-state index in [0.29, 0.717) is 0 Å². The molecule has 1 N–H and O–H groups in total. The van der Waals surface area contributed by atoms with Crippen LogP contribution in [0.2, 0.25) is 0 Å². The molecule has 1 unspecified atom stereocenters. The Morgan fingerprint density at radius 3 is 2.62 bits per heavy atom. The van der Waals surface area contributed by atoms with Gasteiger partial charge in [0.25, 0.3) is 0 Å². The third kappa shape index (κ3) is 3.34. The lowest BCUT2D eigenvalue weighted by Crippen LogP contribution is -2.10. The van der Waals surface area contributed by atoms with E-state index in [1.807, 2.05) is 44.2 Å². The Labute approximate surface area is 122 Å². The number of benzene rings is 1. The Kier molecular flexibility index (Phi) is 4.14. The van der Waals surface area contributed by atoms with Gasteiger partial charge in [0.2, 0.25) is 5.82 Å². The third-order valence-electron chi connectivity index (χ3n) is 3.12. The van der Waals surface area contributed by atoms with E-state index in [0.717, 1.165) is 11.1 Å². The van der Waals surface area contributed by atoms with Crippen LogP contribution in [0.1, 0.15) is 29.7 Å². The molecule has 0 saturated carbocycles. The number of nitrogens with one attached hydrogen (secondary N) is 1. The first-order chi connectivity index (χ1) is 10.0. The number of nitriles is 1. The molecule has 6 heteroatoms. The molecule has 0 amide bonds. The van der Waals surface area contributed by atoms with Crippen molar-refractivity contribution in [3.05, 3.63) is 63.3 Å². The summed E-state index contributed by atoms with van der Waals surface area (Å²) in [7, 11) is 0. The van der Waals surface area contributed by atoms with Gasteiger partial charge in [-0.25, -0.2) is 4.98 Å². The van der Waals surface area contributed by atoms with E-state index in [1.165, 1.54) is 12.3 Å². The molecule has 0 radical (unpaired) electrons. The third-order valence-corrected chi connectivity index (χ3v) is 3.12. The van der Waals surface area contributed by atoms with E-state index in [-0.39, 0.29) is 23.1 Å². The van der Waals surface area contributed by atoms with Gasteiger partial charge < -0.3 is 5.32 Å². The van der Waals surface area contributed by atoms with Crippen LogP contribution in [0.25, 0.3) is 0 Å². The fourth-order valence-corrected chi connectivity index (χ4v) is 1.91. The zero-order chi connectivity index (χ0) is 15.4. The highest BCUT2D eigenvalue weighted by atomic mass is 16.6. The molecule has 1 aromatic carbocycles. The SMILES string of the molecule is Cc1ccc(C(C)Nc2ncc(C#N)cc2[N+](=O)[O-])cc1. The first kappa shape index (κ1) is 14.5. The second-order valence-corrected chi connectivity index (χ2v) is 4.74. The van der Waals surface area contributed by atoms with Crippen molar-refractivity contribution >= 4 is 11.5 Å². The molecule has 0 aliphatic rings. The second-order valence-electron chi connectivity index (χ2n) is 4.74. The van der Waals surface area contributed by atoms with E-state index in [1.54, 1.807) is 0 Å². The molecule has 1 heterocycles. The van der Waals surface area contributed by atoms with Crippen LogP contribution < -0.4 is 5.32 Å². The maximum absolute atomic E-state index is 11.1. The van der Waals surface area contributed by atoms with Gasteiger partial charge in [-0.15, -0.1) is 0 Å². The molecule has 2 rings (SSSR count). The van der Waals surface area contributed by atoms with Gasteiger partial charge in [-0.1, -0.05) is 29.8 Å². The van der Waals surface area contributed by atoms with Gasteiger partial charge in [-0.3, -0.25) is 10.1 Å². The Morgan fingerprint density at radius 2 is 2.05 bits per heavy atom. The van der Waals surface area contributed by atoms with Crippen LogP contribution in [0.3, 0.4) is 0 Å².